The lowest BCUT2D eigenvalue weighted by Gasteiger charge is -2.17. The fourth-order valence-corrected chi connectivity index (χ4v) is 4.16. The predicted molar refractivity (Wildman–Crippen MR) is 91.3 cm³/mol. The quantitative estimate of drug-likeness (QED) is 0.403. The number of rotatable bonds is 3. The minimum absolute atomic E-state index is 0.0537. The summed E-state index contributed by atoms with van der Waals surface area (Å²) in [4.78, 5) is 19.5. The largest absolute Gasteiger partial charge is 0.418 e. The molecule has 1 unspecified atom stereocenters. The zero-order chi connectivity index (χ0) is 18.0. The van der Waals surface area contributed by atoms with Crippen molar-refractivity contribution < 1.29 is 22.7 Å². The molecule has 0 N–H and O–H groups in total. The van der Waals surface area contributed by atoms with Gasteiger partial charge in [0.05, 0.1) is 10.2 Å². The summed E-state index contributed by atoms with van der Waals surface area (Å²) in [6, 6.07) is 9.15. The molecule has 3 aromatic rings. The number of aromatic nitrogens is 2. The molecule has 0 aliphatic rings. The van der Waals surface area contributed by atoms with Crippen LogP contribution in [0.4, 0.5) is 18.0 Å². The van der Waals surface area contributed by atoms with Gasteiger partial charge in [-0.1, -0.05) is 29.8 Å². The molecule has 0 aliphatic heterocycles. The Morgan fingerprint density at radius 3 is 2.60 bits per heavy atom. The minimum Gasteiger partial charge on any atom is -0.418 e. The standard InChI is InChI=1S/C15H8ClF3N2O2S2/c16-13-11-9(20-7-21-13)6-10(24-11)12(15(17,18)19)25-14(22)23-8-4-2-1-3-5-8/h1-7,12H. The molecule has 0 amide bonds. The highest BCUT2D eigenvalue weighted by atomic mass is 35.5. The van der Waals surface area contributed by atoms with E-state index in [9.17, 15) is 18.0 Å². The summed E-state index contributed by atoms with van der Waals surface area (Å²) in [6.45, 7) is 0. The van der Waals surface area contributed by atoms with Crippen LogP contribution < -0.4 is 4.74 Å². The molecular formula is C15H8ClF3N2O2S2. The maximum atomic E-state index is 13.4. The van der Waals surface area contributed by atoms with E-state index in [0.717, 1.165) is 11.3 Å². The van der Waals surface area contributed by atoms with E-state index in [0.29, 0.717) is 10.2 Å². The van der Waals surface area contributed by atoms with E-state index in [1.807, 2.05) is 0 Å². The van der Waals surface area contributed by atoms with Crippen molar-refractivity contribution in [2.75, 3.05) is 0 Å². The first-order valence-electron chi connectivity index (χ1n) is 6.75. The Balaban J connectivity index is 1.87. The molecule has 0 radical (unpaired) electrons. The lowest BCUT2D eigenvalue weighted by molar-refractivity contribution is -0.129. The lowest BCUT2D eigenvalue weighted by Crippen LogP contribution is -2.19. The number of para-hydroxylation sites is 1. The van der Waals surface area contributed by atoms with Crippen molar-refractivity contribution in [2.45, 2.75) is 11.4 Å². The van der Waals surface area contributed by atoms with E-state index in [1.54, 1.807) is 18.2 Å². The Labute approximate surface area is 153 Å². The molecule has 4 nitrogen and oxygen atoms in total. The lowest BCUT2D eigenvalue weighted by atomic mass is 10.3. The Bertz CT molecular complexity index is 903. The smallest absolute Gasteiger partial charge is 0.405 e. The van der Waals surface area contributed by atoms with Crippen molar-refractivity contribution in [3.63, 3.8) is 0 Å². The second-order valence-electron chi connectivity index (χ2n) is 4.73. The predicted octanol–water partition coefficient (Wildman–Crippen LogP) is 5.88. The summed E-state index contributed by atoms with van der Waals surface area (Å²) in [6.07, 6.45) is -3.48. The van der Waals surface area contributed by atoms with Crippen molar-refractivity contribution >= 4 is 50.2 Å². The molecule has 0 aliphatic carbocycles. The van der Waals surface area contributed by atoms with E-state index >= 15 is 0 Å². The van der Waals surface area contributed by atoms with Gasteiger partial charge in [0.25, 0.3) is 0 Å². The van der Waals surface area contributed by atoms with Gasteiger partial charge in [-0.25, -0.2) is 14.8 Å². The van der Waals surface area contributed by atoms with Gasteiger partial charge in [0.15, 0.2) is 0 Å². The summed E-state index contributed by atoms with van der Waals surface area (Å²) in [5.74, 6) is 0.172. The number of ether oxygens (including phenoxy) is 1. The molecule has 1 aromatic carbocycles. The van der Waals surface area contributed by atoms with Gasteiger partial charge in [0, 0.05) is 4.88 Å². The summed E-state index contributed by atoms with van der Waals surface area (Å²) in [5, 5.41) is -3.07. The number of hydrogen-bond donors (Lipinski definition) is 0. The molecule has 25 heavy (non-hydrogen) atoms. The van der Waals surface area contributed by atoms with Crippen LogP contribution in [0.5, 0.6) is 5.75 Å². The second kappa shape index (κ2) is 7.19. The molecule has 0 saturated carbocycles. The molecule has 0 saturated heterocycles. The van der Waals surface area contributed by atoms with Crippen LogP contribution in [-0.2, 0) is 0 Å². The van der Waals surface area contributed by atoms with Gasteiger partial charge in [0.1, 0.15) is 22.5 Å². The number of benzene rings is 1. The van der Waals surface area contributed by atoms with Gasteiger partial charge in [-0.2, -0.15) is 13.2 Å². The van der Waals surface area contributed by atoms with Crippen LogP contribution >= 0.6 is 34.7 Å². The Kier molecular flexibility index (Phi) is 5.16. The minimum atomic E-state index is -4.65. The molecule has 10 heteroatoms. The van der Waals surface area contributed by atoms with Crippen LogP contribution in [0.1, 0.15) is 10.1 Å². The summed E-state index contributed by atoms with van der Waals surface area (Å²) in [5.41, 5.74) is 0.297. The van der Waals surface area contributed by atoms with E-state index in [4.69, 9.17) is 16.3 Å². The molecule has 0 spiro atoms. The van der Waals surface area contributed by atoms with Gasteiger partial charge in [-0.3, -0.25) is 0 Å². The molecule has 130 valence electrons. The van der Waals surface area contributed by atoms with Crippen LogP contribution in [-0.4, -0.2) is 21.4 Å². The molecule has 2 heterocycles. The molecule has 2 aromatic heterocycles. The maximum absolute atomic E-state index is 13.4. The van der Waals surface area contributed by atoms with E-state index in [1.165, 1.54) is 24.5 Å². The van der Waals surface area contributed by atoms with Crippen molar-refractivity contribution in [3.8, 4) is 5.75 Å². The second-order valence-corrected chi connectivity index (χ2v) is 7.21. The Morgan fingerprint density at radius 2 is 1.96 bits per heavy atom. The Morgan fingerprint density at radius 1 is 1.24 bits per heavy atom. The van der Waals surface area contributed by atoms with Crippen LogP contribution in [0, 0.1) is 0 Å². The highest BCUT2D eigenvalue weighted by molar-refractivity contribution is 8.13. The van der Waals surface area contributed by atoms with Gasteiger partial charge >= 0.3 is 11.5 Å². The van der Waals surface area contributed by atoms with Crippen molar-refractivity contribution in [3.05, 3.63) is 52.8 Å². The fraction of sp³-hybridized carbons (Fsp3) is 0.133. The number of thioether (sulfide) groups is 1. The van der Waals surface area contributed by atoms with Crippen LogP contribution in [0.25, 0.3) is 10.2 Å². The van der Waals surface area contributed by atoms with Crippen LogP contribution in [0.3, 0.4) is 0 Å². The third-order valence-corrected chi connectivity index (χ3v) is 5.78. The van der Waals surface area contributed by atoms with Gasteiger partial charge in [0.2, 0.25) is 0 Å². The highest BCUT2D eigenvalue weighted by Crippen LogP contribution is 2.48. The number of thiophene rings is 1. The van der Waals surface area contributed by atoms with Gasteiger partial charge < -0.3 is 4.74 Å². The monoisotopic (exact) mass is 404 g/mol. The molecule has 0 bridgehead atoms. The summed E-state index contributed by atoms with van der Waals surface area (Å²) < 4.78 is 45.6. The fourth-order valence-electron chi connectivity index (χ4n) is 1.96. The molecular weight excluding hydrogens is 397 g/mol. The first-order chi connectivity index (χ1) is 11.8. The summed E-state index contributed by atoms with van der Waals surface area (Å²) >= 11 is 6.74. The van der Waals surface area contributed by atoms with E-state index < -0.39 is 16.7 Å². The molecule has 1 atom stereocenters. The van der Waals surface area contributed by atoms with Crippen molar-refractivity contribution in [1.29, 1.82) is 0 Å². The number of nitrogens with zero attached hydrogens (tertiary/aromatic N) is 2. The average molecular weight is 405 g/mol. The number of carbonyl (C=O) groups is 1. The van der Waals surface area contributed by atoms with Crippen LogP contribution in [0.15, 0.2) is 42.7 Å². The average Bonchev–Trinajstić information content (AvgIpc) is 2.97. The highest BCUT2D eigenvalue weighted by Gasteiger charge is 2.44. The molecule has 0 fully saturated rings. The first kappa shape index (κ1) is 18.0. The van der Waals surface area contributed by atoms with E-state index in [2.05, 4.69) is 9.97 Å². The Hall–Kier alpha value is -1.84. The molecule has 3 rings (SSSR count). The SMILES string of the molecule is O=C(Oc1ccccc1)SC(c1cc2ncnc(Cl)c2s1)C(F)(F)F. The zero-order valence-electron chi connectivity index (χ0n) is 12.2. The van der Waals surface area contributed by atoms with Crippen molar-refractivity contribution in [1.82, 2.24) is 9.97 Å². The van der Waals surface area contributed by atoms with Crippen LogP contribution in [0.2, 0.25) is 5.15 Å². The third-order valence-electron chi connectivity index (χ3n) is 3.00. The number of halogens is 4. The number of fused-ring (bicyclic) bond motifs is 1. The van der Waals surface area contributed by atoms with E-state index in [-0.39, 0.29) is 27.5 Å². The number of carbonyl (C=O) groups excluding carboxylic acids is 1. The topological polar surface area (TPSA) is 52.1 Å². The maximum Gasteiger partial charge on any atom is 0.405 e. The van der Waals surface area contributed by atoms with Gasteiger partial charge in [-0.15, -0.1) is 11.3 Å². The normalized spacial score (nSPS) is 13.0. The first-order valence-corrected chi connectivity index (χ1v) is 8.82. The summed E-state index contributed by atoms with van der Waals surface area (Å²) in [7, 11) is 0. The van der Waals surface area contributed by atoms with Gasteiger partial charge in [-0.05, 0) is 30.0 Å². The number of hydrogen-bond acceptors (Lipinski definition) is 6. The third kappa shape index (κ3) is 4.23. The zero-order valence-corrected chi connectivity index (χ0v) is 14.5. The number of alkyl halides is 3. The van der Waals surface area contributed by atoms with Crippen molar-refractivity contribution in [2.24, 2.45) is 0 Å².